The fourth-order valence-electron chi connectivity index (χ4n) is 3.30. The van der Waals surface area contributed by atoms with Gasteiger partial charge in [0.2, 0.25) is 5.88 Å². The average Bonchev–Trinajstić information content (AvgIpc) is 3.48. The Bertz CT molecular complexity index is 1070. The number of hydrogen-bond donors (Lipinski definition) is 0. The molecule has 1 saturated heterocycles. The fraction of sp³-hybridized carbons (Fsp3) is 0.273. The van der Waals surface area contributed by atoms with Crippen molar-refractivity contribution in [2.45, 2.75) is 25.9 Å². The van der Waals surface area contributed by atoms with Gasteiger partial charge in [-0.3, -0.25) is 4.79 Å². The van der Waals surface area contributed by atoms with E-state index in [-0.39, 0.29) is 12.0 Å². The number of piperidine rings is 1. The summed E-state index contributed by atoms with van der Waals surface area (Å²) in [4.78, 5) is 24.5. The maximum absolute atomic E-state index is 13.1. The number of pyridine rings is 1. The Hall–Kier alpha value is -3.20. The molecule has 0 unspecified atom stereocenters. The van der Waals surface area contributed by atoms with Crippen molar-refractivity contribution in [1.82, 2.24) is 14.9 Å². The lowest BCUT2D eigenvalue weighted by Gasteiger charge is -2.33. The molecule has 0 radical (unpaired) electrons. The second kappa shape index (κ2) is 10.0. The van der Waals surface area contributed by atoms with E-state index in [0.717, 1.165) is 29.0 Å². The second-order valence-corrected chi connectivity index (χ2v) is 8.21. The molecule has 0 bridgehead atoms. The second-order valence-electron chi connectivity index (χ2n) is 6.57. The Kier molecular flexibility index (Phi) is 7.18. The number of ether oxygens (including phenoxy) is 1. The van der Waals surface area contributed by atoms with Crippen LogP contribution in [0.5, 0.6) is 5.88 Å². The summed E-state index contributed by atoms with van der Waals surface area (Å²) in [5.74, 6) is 0.477. The summed E-state index contributed by atoms with van der Waals surface area (Å²) in [6, 6.07) is 5.69. The van der Waals surface area contributed by atoms with Gasteiger partial charge in [0.1, 0.15) is 6.10 Å². The zero-order chi connectivity index (χ0) is 21.5. The first kappa shape index (κ1) is 21.5. The first-order valence-electron chi connectivity index (χ1n) is 9.28. The molecule has 6 nitrogen and oxygen atoms in total. The molecule has 3 aromatic rings. The minimum atomic E-state index is -0.140. The van der Waals surface area contributed by atoms with E-state index in [1.165, 1.54) is 22.7 Å². The molecule has 8 heteroatoms. The Morgan fingerprint density at radius 2 is 2.20 bits per heavy atom. The third-order valence-corrected chi connectivity index (χ3v) is 6.31. The maximum Gasteiger partial charge on any atom is 0.255 e. The number of hydrogen-bond acceptors (Lipinski definition) is 7. The predicted molar refractivity (Wildman–Crippen MR) is 119 cm³/mol. The summed E-state index contributed by atoms with van der Waals surface area (Å²) in [5, 5.41) is 13.1. The van der Waals surface area contributed by atoms with Gasteiger partial charge in [-0.1, -0.05) is 0 Å². The van der Waals surface area contributed by atoms with Crippen LogP contribution in [0, 0.1) is 31.1 Å². The van der Waals surface area contributed by atoms with E-state index in [1.807, 2.05) is 28.7 Å². The van der Waals surface area contributed by atoms with Crippen molar-refractivity contribution in [3.63, 3.8) is 0 Å². The number of carbonyl (C=O) groups excluding carboxylic acids is 1. The summed E-state index contributed by atoms with van der Waals surface area (Å²) in [6.45, 7) is 3.04. The van der Waals surface area contributed by atoms with Gasteiger partial charge in [-0.15, -0.1) is 35.5 Å². The predicted octanol–water partition coefficient (Wildman–Crippen LogP) is 4.38. The molecule has 0 aromatic carbocycles. The molecule has 152 valence electrons. The van der Waals surface area contributed by atoms with Crippen LogP contribution < -0.4 is 4.74 Å². The van der Waals surface area contributed by atoms with Crippen LogP contribution in [-0.2, 0) is 0 Å². The molecular weight excluding hydrogens is 416 g/mol. The summed E-state index contributed by atoms with van der Waals surface area (Å²) >= 11 is 3.05. The monoisotopic (exact) mass is 436 g/mol. The molecule has 4 rings (SSSR count). The highest BCUT2D eigenvalue weighted by Gasteiger charge is 2.28. The standard InChI is InChI=1S/C20H18N4O2S2.C2H2/c1-13-14(9-21)4-6-22-19(13)26-15-3-2-7-24(10-15)20(25)16-5-8-28-18(16)17-11-27-12-23-17;1-2/h4-6,8,11-12,15H,2-3,7,10H2,1H3;1-2H/t15-;/m1./s1. The van der Waals surface area contributed by atoms with Crippen molar-refractivity contribution in [2.75, 3.05) is 13.1 Å². The van der Waals surface area contributed by atoms with Crippen LogP contribution in [-0.4, -0.2) is 40.0 Å². The molecule has 0 spiro atoms. The maximum atomic E-state index is 13.1. The molecule has 1 aliphatic rings. The first-order valence-corrected chi connectivity index (χ1v) is 11.1. The Balaban J connectivity index is 0.00000124. The van der Waals surface area contributed by atoms with Gasteiger partial charge in [0.25, 0.3) is 5.91 Å². The van der Waals surface area contributed by atoms with E-state index in [4.69, 9.17) is 4.74 Å². The number of likely N-dealkylation sites (tertiary alicyclic amines) is 1. The molecule has 3 aromatic heterocycles. The first-order chi connectivity index (χ1) is 14.7. The van der Waals surface area contributed by atoms with Crippen molar-refractivity contribution < 1.29 is 9.53 Å². The molecule has 30 heavy (non-hydrogen) atoms. The molecule has 1 aliphatic heterocycles. The lowest BCUT2D eigenvalue weighted by atomic mass is 10.1. The minimum Gasteiger partial charge on any atom is -0.472 e. The van der Waals surface area contributed by atoms with Gasteiger partial charge in [-0.2, -0.15) is 5.26 Å². The number of amides is 1. The Morgan fingerprint density at radius 3 is 2.93 bits per heavy atom. The Labute approximate surface area is 183 Å². The molecular formula is C22H20N4O2S2. The van der Waals surface area contributed by atoms with Crippen molar-refractivity contribution >= 4 is 28.6 Å². The van der Waals surface area contributed by atoms with Crippen molar-refractivity contribution in [3.05, 3.63) is 51.3 Å². The van der Waals surface area contributed by atoms with Crippen molar-refractivity contribution in [3.8, 4) is 35.4 Å². The zero-order valence-corrected chi connectivity index (χ0v) is 18.1. The quantitative estimate of drug-likeness (QED) is 0.567. The molecule has 1 amide bonds. The number of thiazole rings is 1. The number of nitriles is 1. The molecule has 0 N–H and O–H groups in total. The van der Waals surface area contributed by atoms with Crippen molar-refractivity contribution in [2.24, 2.45) is 0 Å². The van der Waals surface area contributed by atoms with E-state index in [2.05, 4.69) is 28.9 Å². The largest absolute Gasteiger partial charge is 0.472 e. The van der Waals surface area contributed by atoms with Gasteiger partial charge in [-0.05, 0) is 37.3 Å². The van der Waals surface area contributed by atoms with Crippen LogP contribution in [0.25, 0.3) is 10.6 Å². The molecule has 1 fully saturated rings. The smallest absolute Gasteiger partial charge is 0.255 e. The van der Waals surface area contributed by atoms with Crippen LogP contribution in [0.1, 0.15) is 34.3 Å². The van der Waals surface area contributed by atoms with Crippen LogP contribution in [0.4, 0.5) is 0 Å². The van der Waals surface area contributed by atoms with Gasteiger partial charge >= 0.3 is 0 Å². The SMILES string of the molecule is C#C.Cc1c(C#N)ccnc1O[C@@H]1CCCN(C(=O)c2ccsc2-c2cscn2)C1. The highest BCUT2D eigenvalue weighted by atomic mass is 32.1. The average molecular weight is 437 g/mol. The highest BCUT2D eigenvalue weighted by Crippen LogP contribution is 2.31. The van der Waals surface area contributed by atoms with Crippen LogP contribution in [0.3, 0.4) is 0 Å². The van der Waals surface area contributed by atoms with E-state index in [9.17, 15) is 10.1 Å². The number of thiophene rings is 1. The summed E-state index contributed by atoms with van der Waals surface area (Å²) in [7, 11) is 0. The zero-order valence-electron chi connectivity index (χ0n) is 16.4. The summed E-state index contributed by atoms with van der Waals surface area (Å²) in [5.41, 5.74) is 4.61. The number of aromatic nitrogens is 2. The summed E-state index contributed by atoms with van der Waals surface area (Å²) in [6.07, 6.45) is 11.2. The van der Waals surface area contributed by atoms with Gasteiger partial charge in [0, 0.05) is 23.7 Å². The number of carbonyl (C=O) groups is 1. The lowest BCUT2D eigenvalue weighted by Crippen LogP contribution is -2.44. The normalized spacial score (nSPS) is 15.5. The van der Waals surface area contributed by atoms with Gasteiger partial charge < -0.3 is 9.64 Å². The van der Waals surface area contributed by atoms with Crippen LogP contribution >= 0.6 is 22.7 Å². The minimum absolute atomic E-state index is 0.00741. The number of nitrogens with zero attached hydrogens (tertiary/aromatic N) is 4. The van der Waals surface area contributed by atoms with E-state index in [0.29, 0.717) is 30.1 Å². The number of rotatable bonds is 4. The lowest BCUT2D eigenvalue weighted by molar-refractivity contribution is 0.0527. The fourth-order valence-corrected chi connectivity index (χ4v) is 4.78. The number of terminal acetylenes is 1. The van der Waals surface area contributed by atoms with Crippen LogP contribution in [0.2, 0.25) is 0 Å². The molecule has 1 atom stereocenters. The molecule has 0 aliphatic carbocycles. The van der Waals surface area contributed by atoms with E-state index >= 15 is 0 Å². The third kappa shape index (κ3) is 4.51. The van der Waals surface area contributed by atoms with Crippen LogP contribution in [0.15, 0.2) is 34.6 Å². The molecule has 0 saturated carbocycles. The summed E-state index contributed by atoms with van der Waals surface area (Å²) < 4.78 is 6.06. The highest BCUT2D eigenvalue weighted by molar-refractivity contribution is 7.14. The van der Waals surface area contributed by atoms with Gasteiger partial charge in [-0.25, -0.2) is 9.97 Å². The van der Waals surface area contributed by atoms with Crippen molar-refractivity contribution in [1.29, 1.82) is 5.26 Å². The van der Waals surface area contributed by atoms with Gasteiger partial charge in [0.05, 0.1) is 39.8 Å². The third-order valence-electron chi connectivity index (χ3n) is 4.78. The Morgan fingerprint density at radius 1 is 1.37 bits per heavy atom. The topological polar surface area (TPSA) is 79.1 Å². The van der Waals surface area contributed by atoms with E-state index in [1.54, 1.807) is 17.8 Å². The van der Waals surface area contributed by atoms with E-state index < -0.39 is 0 Å². The van der Waals surface area contributed by atoms with Gasteiger partial charge in [0.15, 0.2) is 0 Å². The molecule has 4 heterocycles.